The van der Waals surface area contributed by atoms with Gasteiger partial charge in [-0.15, -0.1) is 0 Å². The van der Waals surface area contributed by atoms with E-state index in [0.717, 1.165) is 31.7 Å². The van der Waals surface area contributed by atoms with Gasteiger partial charge in [0.1, 0.15) is 0 Å². The van der Waals surface area contributed by atoms with Gasteiger partial charge in [-0.25, -0.2) is 0 Å². The van der Waals surface area contributed by atoms with E-state index in [9.17, 15) is 10.1 Å². The first-order chi connectivity index (χ1) is 7.75. The third-order valence-corrected chi connectivity index (χ3v) is 2.64. The number of ether oxygens (including phenoxy) is 1. The quantitative estimate of drug-likeness (QED) is 0.626. The normalized spacial score (nSPS) is 19.6. The number of hydrogen-bond donors (Lipinski definition) is 1. The Kier molecular flexibility index (Phi) is 3.36. The van der Waals surface area contributed by atoms with Crippen LogP contribution < -0.4 is 5.32 Å². The number of non-ortho nitro benzene ring substituents is 1. The van der Waals surface area contributed by atoms with Crippen molar-refractivity contribution < 1.29 is 9.66 Å². The largest absolute Gasteiger partial charge is 0.382 e. The molecule has 1 atom stereocenters. The van der Waals surface area contributed by atoms with Crippen molar-refractivity contribution in [3.63, 3.8) is 0 Å². The van der Waals surface area contributed by atoms with Crippen LogP contribution in [0.5, 0.6) is 0 Å². The molecule has 86 valence electrons. The molecule has 1 aromatic rings. The summed E-state index contributed by atoms with van der Waals surface area (Å²) in [6.45, 7) is 1.60. The van der Waals surface area contributed by atoms with E-state index in [1.54, 1.807) is 12.1 Å². The lowest BCUT2D eigenvalue weighted by atomic mass is 10.2. The third kappa shape index (κ3) is 2.70. The van der Waals surface area contributed by atoms with E-state index >= 15 is 0 Å². The van der Waals surface area contributed by atoms with Crippen LogP contribution in [0.4, 0.5) is 11.4 Å². The maximum absolute atomic E-state index is 10.4. The van der Waals surface area contributed by atoms with Crippen molar-refractivity contribution in [2.45, 2.75) is 18.9 Å². The molecule has 1 N–H and O–H groups in total. The molecule has 1 unspecified atom stereocenters. The van der Waals surface area contributed by atoms with E-state index in [-0.39, 0.29) is 11.8 Å². The van der Waals surface area contributed by atoms with Gasteiger partial charge in [0.25, 0.3) is 5.69 Å². The molecule has 5 heteroatoms. The van der Waals surface area contributed by atoms with Gasteiger partial charge in [-0.2, -0.15) is 0 Å². The van der Waals surface area contributed by atoms with E-state index in [0.29, 0.717) is 0 Å². The van der Waals surface area contributed by atoms with E-state index < -0.39 is 4.92 Å². The number of rotatable bonds is 4. The monoisotopic (exact) mass is 222 g/mol. The predicted molar refractivity (Wildman–Crippen MR) is 60.6 cm³/mol. The van der Waals surface area contributed by atoms with Gasteiger partial charge < -0.3 is 10.1 Å². The van der Waals surface area contributed by atoms with Gasteiger partial charge in [-0.3, -0.25) is 10.1 Å². The second-order valence-electron chi connectivity index (χ2n) is 3.82. The summed E-state index contributed by atoms with van der Waals surface area (Å²) in [4.78, 5) is 10.0. The van der Waals surface area contributed by atoms with Crippen LogP contribution in [-0.4, -0.2) is 24.2 Å². The molecule has 2 rings (SSSR count). The zero-order chi connectivity index (χ0) is 11.4. The fourth-order valence-corrected chi connectivity index (χ4v) is 1.74. The molecule has 1 aliphatic rings. The van der Waals surface area contributed by atoms with Gasteiger partial charge in [-0.05, 0) is 25.0 Å². The average Bonchev–Trinajstić information content (AvgIpc) is 2.80. The second kappa shape index (κ2) is 4.94. The number of hydrogen-bond acceptors (Lipinski definition) is 4. The number of nitrogens with one attached hydrogen (secondary N) is 1. The Morgan fingerprint density at radius 3 is 2.75 bits per heavy atom. The third-order valence-electron chi connectivity index (χ3n) is 2.64. The predicted octanol–water partition coefficient (Wildman–Crippen LogP) is 2.19. The fraction of sp³-hybridized carbons (Fsp3) is 0.455. The first-order valence-electron chi connectivity index (χ1n) is 5.35. The van der Waals surface area contributed by atoms with E-state index in [1.807, 2.05) is 0 Å². The number of benzene rings is 1. The van der Waals surface area contributed by atoms with Crippen LogP contribution in [0.25, 0.3) is 0 Å². The van der Waals surface area contributed by atoms with Crippen molar-refractivity contribution in [1.82, 2.24) is 0 Å². The van der Waals surface area contributed by atoms with E-state index in [1.165, 1.54) is 12.1 Å². The average molecular weight is 222 g/mol. The minimum atomic E-state index is -0.399. The molecule has 1 aliphatic heterocycles. The summed E-state index contributed by atoms with van der Waals surface area (Å²) < 4.78 is 5.47. The van der Waals surface area contributed by atoms with Crippen LogP contribution in [-0.2, 0) is 4.74 Å². The zero-order valence-corrected chi connectivity index (χ0v) is 8.89. The zero-order valence-electron chi connectivity index (χ0n) is 8.89. The van der Waals surface area contributed by atoms with Gasteiger partial charge in [-0.1, -0.05) is 0 Å². The topological polar surface area (TPSA) is 64.4 Å². The van der Waals surface area contributed by atoms with Gasteiger partial charge >= 0.3 is 0 Å². The van der Waals surface area contributed by atoms with Crippen LogP contribution in [0.2, 0.25) is 0 Å². The van der Waals surface area contributed by atoms with Gasteiger partial charge in [0, 0.05) is 31.0 Å². The summed E-state index contributed by atoms with van der Waals surface area (Å²) in [6.07, 6.45) is 2.47. The first kappa shape index (κ1) is 10.9. The van der Waals surface area contributed by atoms with Crippen LogP contribution in [0.3, 0.4) is 0 Å². The van der Waals surface area contributed by atoms with Crippen LogP contribution in [0, 0.1) is 10.1 Å². The number of nitro groups is 1. The molecule has 0 amide bonds. The highest BCUT2D eigenvalue weighted by atomic mass is 16.6. The minimum Gasteiger partial charge on any atom is -0.382 e. The Bertz CT molecular complexity index is 358. The second-order valence-corrected chi connectivity index (χ2v) is 3.82. The molecule has 0 saturated carbocycles. The molecule has 1 aromatic carbocycles. The highest BCUT2D eigenvalue weighted by Gasteiger charge is 2.14. The molecule has 5 nitrogen and oxygen atoms in total. The number of anilines is 1. The lowest BCUT2D eigenvalue weighted by molar-refractivity contribution is -0.384. The minimum absolute atomic E-state index is 0.114. The first-order valence-corrected chi connectivity index (χ1v) is 5.35. The lowest BCUT2D eigenvalue weighted by Crippen LogP contribution is -2.18. The smallest absolute Gasteiger partial charge is 0.269 e. The maximum atomic E-state index is 10.4. The van der Waals surface area contributed by atoms with Crippen molar-refractivity contribution in [3.8, 4) is 0 Å². The Morgan fingerprint density at radius 2 is 2.19 bits per heavy atom. The molecule has 0 spiro atoms. The molecule has 1 heterocycles. The molecule has 0 aromatic heterocycles. The Hall–Kier alpha value is -1.62. The van der Waals surface area contributed by atoms with Crippen molar-refractivity contribution in [2.75, 3.05) is 18.5 Å². The number of nitro benzene ring substituents is 1. The molecule has 1 saturated heterocycles. The van der Waals surface area contributed by atoms with Crippen molar-refractivity contribution in [2.24, 2.45) is 0 Å². The molecular formula is C11H14N2O3. The molecular weight excluding hydrogens is 208 g/mol. The van der Waals surface area contributed by atoms with E-state index in [4.69, 9.17) is 4.74 Å². The molecule has 0 bridgehead atoms. The molecule has 0 aliphatic carbocycles. The van der Waals surface area contributed by atoms with Gasteiger partial charge in [0.05, 0.1) is 11.0 Å². The van der Waals surface area contributed by atoms with Crippen LogP contribution >= 0.6 is 0 Å². The summed E-state index contributed by atoms with van der Waals surface area (Å²) in [6, 6.07) is 6.43. The Balaban J connectivity index is 1.87. The Labute approximate surface area is 93.6 Å². The van der Waals surface area contributed by atoms with Crippen LogP contribution in [0.1, 0.15) is 12.8 Å². The molecule has 1 fully saturated rings. The summed E-state index contributed by atoms with van der Waals surface area (Å²) in [5, 5.41) is 13.6. The lowest BCUT2D eigenvalue weighted by Gasteiger charge is -2.11. The summed E-state index contributed by atoms with van der Waals surface area (Å²) in [5.41, 5.74) is 1.00. The summed E-state index contributed by atoms with van der Waals surface area (Å²) in [5.74, 6) is 0. The molecule has 0 radical (unpaired) electrons. The summed E-state index contributed by atoms with van der Waals surface area (Å²) in [7, 11) is 0. The summed E-state index contributed by atoms with van der Waals surface area (Å²) >= 11 is 0. The molecule has 16 heavy (non-hydrogen) atoms. The number of nitrogens with zero attached hydrogens (tertiary/aromatic N) is 1. The highest BCUT2D eigenvalue weighted by Crippen LogP contribution is 2.17. The highest BCUT2D eigenvalue weighted by molar-refractivity contribution is 5.48. The van der Waals surface area contributed by atoms with Crippen molar-refractivity contribution in [1.29, 1.82) is 0 Å². The van der Waals surface area contributed by atoms with E-state index in [2.05, 4.69) is 5.32 Å². The standard InChI is InChI=1S/C11H14N2O3/c14-13(15)10-5-3-9(4-6-10)12-8-11-2-1-7-16-11/h3-6,11-12H,1-2,7-8H2. The van der Waals surface area contributed by atoms with Crippen molar-refractivity contribution >= 4 is 11.4 Å². The van der Waals surface area contributed by atoms with Gasteiger partial charge in [0.15, 0.2) is 0 Å². The van der Waals surface area contributed by atoms with Crippen molar-refractivity contribution in [3.05, 3.63) is 34.4 Å². The maximum Gasteiger partial charge on any atom is 0.269 e. The van der Waals surface area contributed by atoms with Gasteiger partial charge in [0.2, 0.25) is 0 Å². The Morgan fingerprint density at radius 1 is 1.44 bits per heavy atom. The SMILES string of the molecule is O=[N+]([O-])c1ccc(NCC2CCCO2)cc1. The van der Waals surface area contributed by atoms with Crippen LogP contribution in [0.15, 0.2) is 24.3 Å². The fourth-order valence-electron chi connectivity index (χ4n) is 1.74.